The normalized spacial score (nSPS) is 27.7. The van der Waals surface area contributed by atoms with Gasteiger partial charge in [0.25, 0.3) is 11.1 Å². The van der Waals surface area contributed by atoms with Crippen molar-refractivity contribution in [3.05, 3.63) is 43.0 Å². The van der Waals surface area contributed by atoms with E-state index in [9.17, 15) is 14.2 Å². The lowest BCUT2D eigenvalue weighted by Gasteiger charge is -2.44. The smallest absolute Gasteiger partial charge is 0.349 e. The van der Waals surface area contributed by atoms with Crippen LogP contribution >= 0.6 is 7.60 Å². The predicted octanol–water partition coefficient (Wildman–Crippen LogP) is 2.56. The first-order chi connectivity index (χ1) is 15.3. The molecule has 178 valence electrons. The second-order valence-electron chi connectivity index (χ2n) is 7.41. The van der Waals surface area contributed by atoms with Gasteiger partial charge in [-0.15, -0.1) is 0 Å². The summed E-state index contributed by atoms with van der Waals surface area (Å²) in [6.07, 6.45) is 0.332. The number of hydrogen-bond donors (Lipinski definition) is 1. The summed E-state index contributed by atoms with van der Waals surface area (Å²) in [5, 5.41) is 3.51. The molecule has 2 saturated heterocycles. The van der Waals surface area contributed by atoms with Crippen molar-refractivity contribution in [2.75, 3.05) is 26.4 Å². The lowest BCUT2D eigenvalue weighted by Crippen LogP contribution is -2.50. The molecule has 0 saturated carbocycles. The van der Waals surface area contributed by atoms with E-state index in [1.165, 1.54) is 10.8 Å². The Kier molecular flexibility index (Phi) is 7.94. The quantitative estimate of drug-likeness (QED) is 0.178. The number of hydrogen-bond acceptors (Lipinski definition) is 9. The van der Waals surface area contributed by atoms with Crippen molar-refractivity contribution in [3.63, 3.8) is 0 Å². The lowest BCUT2D eigenvalue weighted by atomic mass is 10.1. The molecule has 1 N–H and O–H groups in total. The van der Waals surface area contributed by atoms with E-state index in [2.05, 4.69) is 15.0 Å². The number of fused-ring (bicyclic) bond motifs is 1. The largest absolute Gasteiger partial charge is 0.389 e. The van der Waals surface area contributed by atoms with Gasteiger partial charge in [0.2, 0.25) is 0 Å². The minimum absolute atomic E-state index is 0.0317. The van der Waals surface area contributed by atoms with E-state index in [-0.39, 0.29) is 39.2 Å². The summed E-state index contributed by atoms with van der Waals surface area (Å²) in [5.41, 5.74) is 6.15. The van der Waals surface area contributed by atoms with Crippen LogP contribution in [0, 0.1) is 6.92 Å². The molecular weight excluding hydrogens is 445 g/mol. The Labute approximate surface area is 184 Å². The van der Waals surface area contributed by atoms with Crippen molar-refractivity contribution in [1.29, 1.82) is 0 Å². The van der Waals surface area contributed by atoms with E-state index < -0.39 is 42.8 Å². The molecule has 1 aromatic heterocycles. The van der Waals surface area contributed by atoms with Crippen LogP contribution in [0.1, 0.15) is 44.9 Å². The van der Waals surface area contributed by atoms with Gasteiger partial charge in [0.15, 0.2) is 0 Å². The second-order valence-corrected chi connectivity index (χ2v) is 9.61. The highest BCUT2D eigenvalue weighted by Gasteiger charge is 2.60. The van der Waals surface area contributed by atoms with Crippen LogP contribution in [0.3, 0.4) is 0 Å². The minimum Gasteiger partial charge on any atom is -0.349 e. The van der Waals surface area contributed by atoms with Gasteiger partial charge >= 0.3 is 13.3 Å². The van der Waals surface area contributed by atoms with Gasteiger partial charge in [0.1, 0.15) is 12.3 Å². The molecule has 0 aliphatic carbocycles. The standard InChI is InChI=1S/C18H28N5O8P/c1-4-28-32(26,29-5-2)18(7-6-8-20-22-19)27-11-14-13(31-18)9-15(30-14)23-10-12(3)16(24)21-17(23)25/h10,13-15H,4-9,11H2,1-3H3,(H,21,24,25)/t13-,14+,15+,18-/m0/s1. The van der Waals surface area contributed by atoms with Gasteiger partial charge < -0.3 is 23.3 Å². The lowest BCUT2D eigenvalue weighted by molar-refractivity contribution is -0.278. The highest BCUT2D eigenvalue weighted by molar-refractivity contribution is 7.55. The van der Waals surface area contributed by atoms with Crippen LogP contribution in [0.2, 0.25) is 0 Å². The van der Waals surface area contributed by atoms with E-state index in [4.69, 9.17) is 28.8 Å². The van der Waals surface area contributed by atoms with Crippen LogP contribution in [0.25, 0.3) is 10.4 Å². The fourth-order valence-electron chi connectivity index (χ4n) is 3.83. The fourth-order valence-corrected chi connectivity index (χ4v) is 5.91. The number of nitrogens with zero attached hydrogens (tertiary/aromatic N) is 4. The summed E-state index contributed by atoms with van der Waals surface area (Å²) >= 11 is 0. The van der Waals surface area contributed by atoms with Crippen LogP contribution in [-0.2, 0) is 27.8 Å². The number of ether oxygens (including phenoxy) is 3. The molecule has 2 aliphatic heterocycles. The summed E-state index contributed by atoms with van der Waals surface area (Å²) < 4.78 is 44.1. The van der Waals surface area contributed by atoms with Crippen molar-refractivity contribution < 1.29 is 27.8 Å². The van der Waals surface area contributed by atoms with E-state index in [0.29, 0.717) is 12.0 Å². The second kappa shape index (κ2) is 10.3. The van der Waals surface area contributed by atoms with Crippen molar-refractivity contribution >= 4 is 7.60 Å². The summed E-state index contributed by atoms with van der Waals surface area (Å²) in [6.45, 7) is 5.37. The molecule has 2 aliphatic rings. The van der Waals surface area contributed by atoms with Crippen molar-refractivity contribution in [2.24, 2.45) is 5.11 Å². The summed E-state index contributed by atoms with van der Waals surface area (Å²) in [4.78, 5) is 28.9. The van der Waals surface area contributed by atoms with Crippen LogP contribution in [0.15, 0.2) is 20.9 Å². The first-order valence-corrected chi connectivity index (χ1v) is 12.0. The molecule has 0 spiro atoms. The summed E-state index contributed by atoms with van der Waals surface area (Å²) in [7, 11) is -3.89. The first kappa shape index (κ1) is 24.7. The Balaban J connectivity index is 1.87. The van der Waals surface area contributed by atoms with Crippen LogP contribution in [0.4, 0.5) is 0 Å². The van der Waals surface area contributed by atoms with Crippen molar-refractivity contribution in [2.45, 2.75) is 64.0 Å². The van der Waals surface area contributed by atoms with E-state index in [1.54, 1.807) is 20.8 Å². The number of rotatable bonds is 10. The maximum absolute atomic E-state index is 13.7. The van der Waals surface area contributed by atoms with Gasteiger partial charge in [-0.05, 0) is 32.7 Å². The SMILES string of the molecule is CCOP(=O)(OCC)[C@@]1(CCCN=[N+]=[N-])OC[C@H]2O[C@@H](n3cc(C)c(=O)[nH]c3=O)C[C@@H]2O1. The summed E-state index contributed by atoms with van der Waals surface area (Å²) in [5.74, 6) is 0. The minimum atomic E-state index is -3.89. The molecule has 32 heavy (non-hydrogen) atoms. The highest BCUT2D eigenvalue weighted by Crippen LogP contribution is 2.65. The Morgan fingerprint density at radius 1 is 1.34 bits per heavy atom. The van der Waals surface area contributed by atoms with E-state index in [0.717, 1.165) is 0 Å². The Morgan fingerprint density at radius 3 is 2.72 bits per heavy atom. The Bertz CT molecular complexity index is 1010. The molecule has 1 aromatic rings. The Hall–Kier alpha value is -1.98. The van der Waals surface area contributed by atoms with Gasteiger partial charge in [-0.3, -0.25) is 18.9 Å². The molecule has 2 fully saturated rings. The predicted molar refractivity (Wildman–Crippen MR) is 112 cm³/mol. The van der Waals surface area contributed by atoms with Gasteiger partial charge in [-0.2, -0.15) is 0 Å². The van der Waals surface area contributed by atoms with Crippen molar-refractivity contribution in [3.8, 4) is 0 Å². The van der Waals surface area contributed by atoms with Gasteiger partial charge in [-0.25, -0.2) is 4.79 Å². The topological polar surface area (TPSA) is 167 Å². The molecule has 13 nitrogen and oxygen atoms in total. The zero-order chi connectivity index (χ0) is 23.4. The molecule has 0 amide bonds. The zero-order valence-electron chi connectivity index (χ0n) is 18.3. The third kappa shape index (κ3) is 4.84. The average molecular weight is 473 g/mol. The average Bonchev–Trinajstić information content (AvgIpc) is 3.17. The van der Waals surface area contributed by atoms with Crippen LogP contribution < -0.4 is 11.2 Å². The molecule has 0 aromatic carbocycles. The van der Waals surface area contributed by atoms with Crippen molar-refractivity contribution in [1.82, 2.24) is 9.55 Å². The van der Waals surface area contributed by atoms with E-state index in [1.807, 2.05) is 0 Å². The molecule has 4 atom stereocenters. The molecule has 0 radical (unpaired) electrons. The number of H-pyrrole nitrogens is 1. The third-order valence-corrected chi connectivity index (χ3v) is 7.76. The van der Waals surface area contributed by atoms with Gasteiger partial charge in [0.05, 0.1) is 25.9 Å². The first-order valence-electron chi connectivity index (χ1n) is 10.5. The molecule has 14 heteroatoms. The molecule has 3 rings (SSSR count). The number of aromatic amines is 1. The molecular formula is C18H28N5O8P. The van der Waals surface area contributed by atoms with E-state index >= 15 is 0 Å². The number of nitrogens with one attached hydrogen (secondary N) is 1. The monoisotopic (exact) mass is 473 g/mol. The Morgan fingerprint density at radius 2 is 2.06 bits per heavy atom. The molecule has 0 bridgehead atoms. The zero-order valence-corrected chi connectivity index (χ0v) is 19.2. The van der Waals surface area contributed by atoms with Crippen LogP contribution in [0.5, 0.6) is 0 Å². The molecule has 0 unspecified atom stereocenters. The third-order valence-electron chi connectivity index (χ3n) is 5.27. The van der Waals surface area contributed by atoms with Crippen LogP contribution in [-0.4, -0.2) is 53.7 Å². The molecule has 3 heterocycles. The number of aryl methyl sites for hydroxylation is 1. The fraction of sp³-hybridized carbons (Fsp3) is 0.778. The number of aromatic nitrogens is 2. The van der Waals surface area contributed by atoms with Gasteiger partial charge in [-0.1, -0.05) is 5.11 Å². The summed E-state index contributed by atoms with van der Waals surface area (Å²) in [6, 6.07) is 0. The number of azide groups is 1. The maximum Gasteiger partial charge on any atom is 0.389 e. The highest BCUT2D eigenvalue weighted by atomic mass is 31.2. The maximum atomic E-state index is 13.7. The van der Waals surface area contributed by atoms with Gasteiger partial charge in [0, 0.05) is 36.1 Å².